The highest BCUT2D eigenvalue weighted by molar-refractivity contribution is 5.47. The van der Waals surface area contributed by atoms with E-state index < -0.39 is 0 Å². The van der Waals surface area contributed by atoms with Crippen molar-refractivity contribution < 1.29 is 0 Å². The summed E-state index contributed by atoms with van der Waals surface area (Å²) in [4.78, 5) is 2.52. The van der Waals surface area contributed by atoms with E-state index in [0.717, 1.165) is 6.54 Å². The van der Waals surface area contributed by atoms with Crippen molar-refractivity contribution in [1.82, 2.24) is 5.32 Å². The van der Waals surface area contributed by atoms with Crippen LogP contribution in [0.25, 0.3) is 0 Å². The summed E-state index contributed by atoms with van der Waals surface area (Å²) in [6.07, 6.45) is 7.85. The van der Waals surface area contributed by atoms with Crippen LogP contribution in [0.5, 0.6) is 0 Å². The Bertz CT molecular complexity index is 366. The number of piperidine rings is 1. The molecule has 1 aliphatic rings. The van der Waals surface area contributed by atoms with Crippen LogP contribution in [0, 0.1) is 0 Å². The molecule has 0 bridgehead atoms. The van der Waals surface area contributed by atoms with Crippen molar-refractivity contribution in [2.75, 3.05) is 18.0 Å². The highest BCUT2D eigenvalue weighted by Crippen LogP contribution is 2.20. The molecule has 1 aromatic carbocycles. The van der Waals surface area contributed by atoms with Crippen LogP contribution in [0.2, 0.25) is 0 Å². The van der Waals surface area contributed by atoms with Crippen molar-refractivity contribution in [2.45, 2.75) is 65.0 Å². The third-order valence-corrected chi connectivity index (χ3v) is 4.38. The predicted molar refractivity (Wildman–Crippen MR) is 88.3 cm³/mol. The average molecular weight is 274 g/mol. The Balaban J connectivity index is 1.84. The molecule has 0 spiro atoms. The van der Waals surface area contributed by atoms with Crippen molar-refractivity contribution in [3.8, 4) is 0 Å². The second kappa shape index (κ2) is 8.31. The van der Waals surface area contributed by atoms with Gasteiger partial charge in [0.1, 0.15) is 0 Å². The standard InChI is InChI=1S/C18H30N2/c1-3-8-17(4-2)19-15-16-9-11-18(12-10-16)20-13-6-5-7-14-20/h9-12,17,19H,3-8,13-15H2,1-2H3. The van der Waals surface area contributed by atoms with E-state index in [4.69, 9.17) is 0 Å². The van der Waals surface area contributed by atoms with Crippen molar-refractivity contribution in [3.05, 3.63) is 29.8 Å². The first kappa shape index (κ1) is 15.4. The molecule has 1 aliphatic heterocycles. The van der Waals surface area contributed by atoms with Crippen molar-refractivity contribution >= 4 is 5.69 Å². The summed E-state index contributed by atoms with van der Waals surface area (Å²) in [5.74, 6) is 0. The lowest BCUT2D eigenvalue weighted by molar-refractivity contribution is 0.462. The van der Waals surface area contributed by atoms with E-state index in [9.17, 15) is 0 Å². The summed E-state index contributed by atoms with van der Waals surface area (Å²) in [6, 6.07) is 9.83. The van der Waals surface area contributed by atoms with Crippen LogP contribution in [0.15, 0.2) is 24.3 Å². The lowest BCUT2D eigenvalue weighted by atomic mass is 10.1. The van der Waals surface area contributed by atoms with Gasteiger partial charge >= 0.3 is 0 Å². The maximum atomic E-state index is 3.67. The van der Waals surface area contributed by atoms with E-state index in [0.29, 0.717) is 6.04 Å². The summed E-state index contributed by atoms with van der Waals surface area (Å²) >= 11 is 0. The van der Waals surface area contributed by atoms with Crippen LogP contribution in [0.4, 0.5) is 5.69 Å². The molecule has 1 saturated heterocycles. The minimum atomic E-state index is 0.668. The number of anilines is 1. The molecule has 1 aromatic rings. The van der Waals surface area contributed by atoms with Gasteiger partial charge < -0.3 is 10.2 Å². The average Bonchev–Trinajstić information content (AvgIpc) is 2.53. The largest absolute Gasteiger partial charge is 0.372 e. The van der Waals surface area contributed by atoms with Crippen molar-refractivity contribution in [3.63, 3.8) is 0 Å². The smallest absolute Gasteiger partial charge is 0.0366 e. The molecule has 2 nitrogen and oxygen atoms in total. The molecule has 2 rings (SSSR count). The Morgan fingerprint density at radius 2 is 1.75 bits per heavy atom. The Morgan fingerprint density at radius 1 is 1.05 bits per heavy atom. The highest BCUT2D eigenvalue weighted by Gasteiger charge is 2.10. The zero-order valence-electron chi connectivity index (χ0n) is 13.2. The van der Waals surface area contributed by atoms with Gasteiger partial charge in [0.05, 0.1) is 0 Å². The summed E-state index contributed by atoms with van der Waals surface area (Å²) in [6.45, 7) is 7.99. The van der Waals surface area contributed by atoms with Gasteiger partial charge in [-0.3, -0.25) is 0 Å². The molecule has 1 N–H and O–H groups in total. The Hall–Kier alpha value is -1.02. The third kappa shape index (κ3) is 4.52. The number of nitrogens with zero attached hydrogens (tertiary/aromatic N) is 1. The molecular formula is C18H30N2. The quantitative estimate of drug-likeness (QED) is 0.795. The van der Waals surface area contributed by atoms with Gasteiger partial charge in [-0.1, -0.05) is 32.4 Å². The number of hydrogen-bond acceptors (Lipinski definition) is 2. The van der Waals surface area contributed by atoms with Crippen LogP contribution >= 0.6 is 0 Å². The maximum absolute atomic E-state index is 3.67. The number of rotatable bonds is 7. The number of hydrogen-bond donors (Lipinski definition) is 1. The fraction of sp³-hybridized carbons (Fsp3) is 0.667. The first-order valence-corrected chi connectivity index (χ1v) is 8.40. The monoisotopic (exact) mass is 274 g/mol. The molecule has 1 fully saturated rings. The van der Waals surface area contributed by atoms with Gasteiger partial charge in [-0.05, 0) is 49.8 Å². The van der Waals surface area contributed by atoms with Gasteiger partial charge in [0.2, 0.25) is 0 Å². The molecule has 1 heterocycles. The van der Waals surface area contributed by atoms with Crippen LogP contribution in [-0.4, -0.2) is 19.1 Å². The molecule has 0 radical (unpaired) electrons. The molecule has 1 atom stereocenters. The third-order valence-electron chi connectivity index (χ3n) is 4.38. The van der Waals surface area contributed by atoms with Gasteiger partial charge in [0, 0.05) is 31.4 Å². The van der Waals surface area contributed by atoms with Crippen molar-refractivity contribution in [2.24, 2.45) is 0 Å². The van der Waals surface area contributed by atoms with E-state index in [1.54, 1.807) is 0 Å². The van der Waals surface area contributed by atoms with Crippen LogP contribution < -0.4 is 10.2 Å². The number of benzene rings is 1. The lowest BCUT2D eigenvalue weighted by Crippen LogP contribution is -2.29. The zero-order chi connectivity index (χ0) is 14.2. The van der Waals surface area contributed by atoms with E-state index >= 15 is 0 Å². The molecule has 20 heavy (non-hydrogen) atoms. The first-order valence-electron chi connectivity index (χ1n) is 8.40. The Morgan fingerprint density at radius 3 is 2.35 bits per heavy atom. The van der Waals surface area contributed by atoms with Gasteiger partial charge in [-0.15, -0.1) is 0 Å². The predicted octanol–water partition coefficient (Wildman–Crippen LogP) is 4.35. The lowest BCUT2D eigenvalue weighted by Gasteiger charge is -2.29. The van der Waals surface area contributed by atoms with E-state index in [1.165, 1.54) is 62.9 Å². The second-order valence-electron chi connectivity index (χ2n) is 5.99. The molecule has 1 unspecified atom stereocenters. The normalized spacial score (nSPS) is 17.2. The Kier molecular flexibility index (Phi) is 6.38. The fourth-order valence-corrected chi connectivity index (χ4v) is 3.04. The summed E-state index contributed by atoms with van der Waals surface area (Å²) in [5.41, 5.74) is 2.80. The summed E-state index contributed by atoms with van der Waals surface area (Å²) in [5, 5.41) is 3.67. The van der Waals surface area contributed by atoms with Gasteiger partial charge in [-0.2, -0.15) is 0 Å². The van der Waals surface area contributed by atoms with Gasteiger partial charge in [0.15, 0.2) is 0 Å². The fourth-order valence-electron chi connectivity index (χ4n) is 3.04. The molecule has 0 amide bonds. The molecule has 0 aromatic heterocycles. The first-order chi connectivity index (χ1) is 9.83. The SMILES string of the molecule is CCCC(CC)NCc1ccc(N2CCCCC2)cc1. The van der Waals surface area contributed by atoms with Gasteiger partial charge in [-0.25, -0.2) is 0 Å². The van der Waals surface area contributed by atoms with E-state index in [-0.39, 0.29) is 0 Å². The summed E-state index contributed by atoms with van der Waals surface area (Å²) < 4.78 is 0. The van der Waals surface area contributed by atoms with E-state index in [1.807, 2.05) is 0 Å². The Labute approximate surface area is 124 Å². The molecular weight excluding hydrogens is 244 g/mol. The zero-order valence-corrected chi connectivity index (χ0v) is 13.2. The second-order valence-corrected chi connectivity index (χ2v) is 5.99. The van der Waals surface area contributed by atoms with Crippen LogP contribution in [0.3, 0.4) is 0 Å². The van der Waals surface area contributed by atoms with E-state index in [2.05, 4.69) is 48.3 Å². The molecule has 2 heteroatoms. The van der Waals surface area contributed by atoms with Crippen LogP contribution in [0.1, 0.15) is 57.9 Å². The number of nitrogens with one attached hydrogen (secondary N) is 1. The maximum Gasteiger partial charge on any atom is 0.0366 e. The molecule has 0 aliphatic carbocycles. The van der Waals surface area contributed by atoms with Gasteiger partial charge in [0.25, 0.3) is 0 Å². The molecule has 0 saturated carbocycles. The summed E-state index contributed by atoms with van der Waals surface area (Å²) in [7, 11) is 0. The van der Waals surface area contributed by atoms with Crippen LogP contribution in [-0.2, 0) is 6.54 Å². The molecule has 112 valence electrons. The highest BCUT2D eigenvalue weighted by atomic mass is 15.1. The topological polar surface area (TPSA) is 15.3 Å². The minimum absolute atomic E-state index is 0.668. The van der Waals surface area contributed by atoms with Crippen molar-refractivity contribution in [1.29, 1.82) is 0 Å². The minimum Gasteiger partial charge on any atom is -0.372 e.